The van der Waals surface area contributed by atoms with Crippen molar-refractivity contribution in [3.8, 4) is 5.75 Å². The van der Waals surface area contributed by atoms with Crippen molar-refractivity contribution in [1.82, 2.24) is 20.9 Å². The van der Waals surface area contributed by atoms with Crippen molar-refractivity contribution in [2.75, 3.05) is 0 Å². The molecule has 0 radical (unpaired) electrons. The van der Waals surface area contributed by atoms with E-state index in [1.165, 1.54) is 18.3 Å². The molecule has 2 atom stereocenters. The Morgan fingerprint density at radius 3 is 2.23 bits per heavy atom. The lowest BCUT2D eigenvalue weighted by Gasteiger charge is -2.37. The highest BCUT2D eigenvalue weighted by atomic mass is 35.5. The molecule has 288 valence electrons. The van der Waals surface area contributed by atoms with E-state index in [2.05, 4.69) is 20.4 Å². The SMILES string of the molecule is CCCC(=O)CC(NC(=O)C1CCC(NC(=O)N[C@@](Cc2ccccc2)(c2cc(F)cc(OC(F)(F)C(F)F)c2)c2ccc(Cl)cn2)CC1)C(F)(F)F. The summed E-state index contributed by atoms with van der Waals surface area (Å²) in [4.78, 5) is 42.9. The van der Waals surface area contributed by atoms with Gasteiger partial charge in [-0.3, -0.25) is 14.6 Å². The Kier molecular flexibility index (Phi) is 13.7. The summed E-state index contributed by atoms with van der Waals surface area (Å²) in [7, 11) is 0. The minimum Gasteiger partial charge on any atom is -0.428 e. The van der Waals surface area contributed by atoms with Crippen LogP contribution in [0.3, 0.4) is 0 Å². The zero-order valence-corrected chi connectivity index (χ0v) is 29.1. The Labute approximate surface area is 305 Å². The molecule has 3 aromatic rings. The number of ketones is 1. The molecule has 4 rings (SSSR count). The molecule has 0 spiro atoms. The van der Waals surface area contributed by atoms with E-state index in [-0.39, 0.29) is 54.8 Å². The van der Waals surface area contributed by atoms with Crippen molar-refractivity contribution < 1.29 is 54.2 Å². The van der Waals surface area contributed by atoms with E-state index in [1.54, 1.807) is 37.3 Å². The summed E-state index contributed by atoms with van der Waals surface area (Å²) in [5, 5.41) is 7.67. The van der Waals surface area contributed by atoms with Gasteiger partial charge in [0.1, 0.15) is 28.9 Å². The number of urea groups is 1. The van der Waals surface area contributed by atoms with Crippen LogP contribution >= 0.6 is 11.6 Å². The molecule has 1 aromatic heterocycles. The average Bonchev–Trinajstić information content (AvgIpc) is 3.08. The molecule has 1 fully saturated rings. The van der Waals surface area contributed by atoms with Gasteiger partial charge in [-0.1, -0.05) is 48.9 Å². The van der Waals surface area contributed by atoms with Gasteiger partial charge in [0.05, 0.1) is 10.7 Å². The van der Waals surface area contributed by atoms with E-state index in [4.69, 9.17) is 11.6 Å². The number of pyridine rings is 1. The quantitative estimate of drug-likeness (QED) is 0.135. The van der Waals surface area contributed by atoms with Crippen molar-refractivity contribution in [3.05, 3.63) is 94.5 Å². The number of benzene rings is 2. The maximum absolute atomic E-state index is 15.1. The van der Waals surface area contributed by atoms with Gasteiger partial charge < -0.3 is 20.7 Å². The van der Waals surface area contributed by atoms with Crippen LogP contribution in [0.5, 0.6) is 5.75 Å². The number of carbonyl (C=O) groups is 3. The zero-order valence-electron chi connectivity index (χ0n) is 28.3. The van der Waals surface area contributed by atoms with Crippen LogP contribution in [0.2, 0.25) is 5.02 Å². The minimum absolute atomic E-state index is 0.0508. The molecule has 1 heterocycles. The van der Waals surface area contributed by atoms with Gasteiger partial charge in [0.25, 0.3) is 0 Å². The molecule has 1 aliphatic rings. The molecule has 0 aliphatic heterocycles. The summed E-state index contributed by atoms with van der Waals surface area (Å²) in [5.74, 6) is -4.43. The second-order valence-electron chi connectivity index (χ2n) is 12.8. The third kappa shape index (κ3) is 11.3. The summed E-state index contributed by atoms with van der Waals surface area (Å²) in [6, 6.07) is 9.70. The second kappa shape index (κ2) is 17.6. The highest BCUT2D eigenvalue weighted by Gasteiger charge is 2.46. The fourth-order valence-corrected chi connectivity index (χ4v) is 6.29. The van der Waals surface area contributed by atoms with Crippen molar-refractivity contribution in [3.63, 3.8) is 0 Å². The van der Waals surface area contributed by atoms with Gasteiger partial charge in [0.2, 0.25) is 5.91 Å². The van der Waals surface area contributed by atoms with Crippen molar-refractivity contribution in [2.45, 2.75) is 94.6 Å². The van der Waals surface area contributed by atoms with Gasteiger partial charge in [0.15, 0.2) is 0 Å². The van der Waals surface area contributed by atoms with Crippen LogP contribution in [0, 0.1) is 11.7 Å². The van der Waals surface area contributed by atoms with Crippen LogP contribution in [0.1, 0.15) is 68.7 Å². The number of rotatable bonds is 15. The first-order valence-electron chi connectivity index (χ1n) is 16.7. The first-order valence-corrected chi connectivity index (χ1v) is 17.1. The number of halogens is 9. The summed E-state index contributed by atoms with van der Waals surface area (Å²) in [5.41, 5.74) is -1.47. The first-order chi connectivity index (χ1) is 24.9. The van der Waals surface area contributed by atoms with Crippen LogP contribution in [0.15, 0.2) is 66.9 Å². The molecule has 17 heteroatoms. The van der Waals surface area contributed by atoms with Crippen LogP contribution in [-0.2, 0) is 21.5 Å². The number of nitrogens with zero attached hydrogens (tertiary/aromatic N) is 1. The van der Waals surface area contributed by atoms with Gasteiger partial charge in [-0.2, -0.15) is 30.7 Å². The molecule has 8 nitrogen and oxygen atoms in total. The zero-order chi connectivity index (χ0) is 39.0. The number of alkyl halides is 7. The second-order valence-corrected chi connectivity index (χ2v) is 13.2. The fourth-order valence-electron chi connectivity index (χ4n) is 6.18. The number of Topliss-reactive ketones (excluding diaryl/α,β-unsaturated/α-hetero) is 1. The molecule has 1 aliphatic carbocycles. The number of aromatic nitrogens is 1. The minimum atomic E-state index is -4.98. The smallest absolute Gasteiger partial charge is 0.428 e. The normalized spacial score (nSPS) is 18.1. The summed E-state index contributed by atoms with van der Waals surface area (Å²) < 4.78 is 114. The molecule has 2 aromatic carbocycles. The predicted molar refractivity (Wildman–Crippen MR) is 178 cm³/mol. The van der Waals surface area contributed by atoms with E-state index in [1.807, 2.05) is 5.32 Å². The van der Waals surface area contributed by atoms with E-state index in [0.717, 1.165) is 12.1 Å². The molecule has 0 saturated heterocycles. The van der Waals surface area contributed by atoms with Crippen LogP contribution in [0.25, 0.3) is 0 Å². The highest BCUT2D eigenvalue weighted by Crippen LogP contribution is 2.38. The number of carbonyl (C=O) groups excluding carboxylic acids is 3. The van der Waals surface area contributed by atoms with Gasteiger partial charge >= 0.3 is 24.7 Å². The Balaban J connectivity index is 1.59. The van der Waals surface area contributed by atoms with Gasteiger partial charge in [-0.25, -0.2) is 9.18 Å². The lowest BCUT2D eigenvalue weighted by atomic mass is 9.80. The molecule has 53 heavy (non-hydrogen) atoms. The van der Waals surface area contributed by atoms with Crippen molar-refractivity contribution >= 4 is 29.3 Å². The summed E-state index contributed by atoms with van der Waals surface area (Å²) in [6.07, 6.45) is -13.0. The molecule has 1 saturated carbocycles. The maximum atomic E-state index is 15.1. The Morgan fingerprint density at radius 2 is 1.64 bits per heavy atom. The topological polar surface area (TPSA) is 109 Å². The Morgan fingerprint density at radius 1 is 0.962 bits per heavy atom. The van der Waals surface area contributed by atoms with Gasteiger partial charge in [-0.05, 0) is 67.5 Å². The van der Waals surface area contributed by atoms with Gasteiger partial charge in [-0.15, -0.1) is 0 Å². The number of hydrogen-bond donors (Lipinski definition) is 3. The molecule has 3 amide bonds. The highest BCUT2D eigenvalue weighted by molar-refractivity contribution is 6.30. The van der Waals surface area contributed by atoms with E-state index < -0.39 is 78.0 Å². The van der Waals surface area contributed by atoms with Crippen LogP contribution in [0.4, 0.5) is 39.9 Å². The maximum Gasteiger partial charge on any atom is 0.461 e. The molecule has 3 N–H and O–H groups in total. The number of nitrogens with one attached hydrogen (secondary N) is 3. The molecule has 1 unspecified atom stereocenters. The summed E-state index contributed by atoms with van der Waals surface area (Å²) >= 11 is 6.08. The lowest BCUT2D eigenvalue weighted by Crippen LogP contribution is -2.55. The van der Waals surface area contributed by atoms with E-state index in [9.17, 15) is 45.1 Å². The predicted octanol–water partition coefficient (Wildman–Crippen LogP) is 8.26. The lowest BCUT2D eigenvalue weighted by molar-refractivity contribution is -0.253. The summed E-state index contributed by atoms with van der Waals surface area (Å²) in [6.45, 7) is 1.65. The molecular formula is C36H37ClF8N4O4. The Hall–Kier alpha value is -4.47. The van der Waals surface area contributed by atoms with Crippen molar-refractivity contribution in [2.24, 2.45) is 5.92 Å². The number of hydrogen-bond acceptors (Lipinski definition) is 5. The van der Waals surface area contributed by atoms with Gasteiger partial charge in [0, 0.05) is 43.5 Å². The molecular weight excluding hydrogens is 740 g/mol. The van der Waals surface area contributed by atoms with E-state index >= 15 is 4.39 Å². The third-order valence-electron chi connectivity index (χ3n) is 8.78. The average molecular weight is 777 g/mol. The molecule has 0 bridgehead atoms. The standard InChI is InChI=1S/C36H37ClF8N4O4/c1-2-6-27(50)18-30(35(41,42)43)48-31(51)22-9-12-26(13-10-22)47-33(52)49-34(19-21-7-4-3-5-8-21,29-14-11-24(37)20-46-29)23-15-25(38)17-28(16-23)53-36(44,45)32(39)40/h3-5,7-8,11,14-17,20,22,26,30,32H,2,6,9-10,12-13,18-19H2,1H3,(H,48,51)(H2,47,49,52)/t22?,26?,30?,34-/m0/s1. The third-order valence-corrected chi connectivity index (χ3v) is 9.00. The number of amides is 3. The van der Waals surface area contributed by atoms with Crippen LogP contribution in [-0.4, -0.2) is 53.5 Å². The van der Waals surface area contributed by atoms with Crippen molar-refractivity contribution in [1.29, 1.82) is 0 Å². The van der Waals surface area contributed by atoms with Crippen LogP contribution < -0.4 is 20.7 Å². The largest absolute Gasteiger partial charge is 0.461 e. The fraction of sp³-hybridized carbons (Fsp3) is 0.444. The monoisotopic (exact) mass is 776 g/mol. The first kappa shape index (κ1) is 41.3. The Bertz CT molecular complexity index is 1710. The van der Waals surface area contributed by atoms with E-state index in [0.29, 0.717) is 18.1 Å². The number of ether oxygens (including phenoxy) is 1.